The average molecular weight is 497 g/mol. The summed E-state index contributed by atoms with van der Waals surface area (Å²) in [5.41, 5.74) is 2.93. The van der Waals surface area contributed by atoms with Gasteiger partial charge in [-0.25, -0.2) is 4.39 Å². The zero-order valence-electron chi connectivity index (χ0n) is 19.6. The number of pyridine rings is 1. The van der Waals surface area contributed by atoms with Crippen LogP contribution < -0.4 is 15.4 Å². The minimum absolute atomic E-state index is 0.0542. The fourth-order valence-electron chi connectivity index (χ4n) is 4.76. The van der Waals surface area contributed by atoms with Crippen LogP contribution in [0.4, 0.5) is 10.1 Å². The summed E-state index contributed by atoms with van der Waals surface area (Å²) in [5, 5.41) is 18.2. The van der Waals surface area contributed by atoms with Crippen molar-refractivity contribution in [2.75, 3.05) is 37.8 Å². The fraction of sp³-hybridized carbons (Fsp3) is 0.385. The minimum atomic E-state index is -0.630. The maximum Gasteiger partial charge on any atom is 0.234 e. The highest BCUT2D eigenvalue weighted by Gasteiger charge is 2.23. The third-order valence-corrected chi connectivity index (χ3v) is 7.78. The monoisotopic (exact) mass is 496 g/mol. The smallest absolute Gasteiger partial charge is 0.234 e. The summed E-state index contributed by atoms with van der Waals surface area (Å²) in [7, 11) is 1.63. The molecule has 0 bridgehead atoms. The zero-order chi connectivity index (χ0) is 24.4. The normalized spacial score (nSPS) is 17.7. The molecule has 0 radical (unpaired) electrons. The molecule has 0 spiro atoms. The number of nitrogens with zero attached hydrogens (tertiary/aromatic N) is 2. The predicted octanol–water partition coefficient (Wildman–Crippen LogP) is 3.71. The van der Waals surface area contributed by atoms with Crippen molar-refractivity contribution in [1.29, 1.82) is 0 Å². The maximum absolute atomic E-state index is 14.5. The Balaban J connectivity index is 1.16. The van der Waals surface area contributed by atoms with Gasteiger partial charge in [0.1, 0.15) is 11.6 Å². The van der Waals surface area contributed by atoms with E-state index in [-0.39, 0.29) is 17.8 Å². The van der Waals surface area contributed by atoms with E-state index in [1.165, 1.54) is 17.8 Å². The number of aliphatic hydroxyl groups is 1. The second-order valence-electron chi connectivity index (χ2n) is 9.03. The van der Waals surface area contributed by atoms with Crippen molar-refractivity contribution in [3.8, 4) is 5.75 Å². The molecule has 0 aliphatic carbocycles. The van der Waals surface area contributed by atoms with Crippen molar-refractivity contribution in [2.24, 2.45) is 0 Å². The molecule has 1 atom stereocenters. The molecule has 1 aromatic heterocycles. The first-order chi connectivity index (χ1) is 17.0. The van der Waals surface area contributed by atoms with Gasteiger partial charge in [-0.3, -0.25) is 9.78 Å². The lowest BCUT2D eigenvalue weighted by Crippen LogP contribution is -2.43. The summed E-state index contributed by atoms with van der Waals surface area (Å²) < 4.78 is 19.9. The number of fused-ring (bicyclic) bond motifs is 2. The number of thioether (sulfide) groups is 1. The minimum Gasteiger partial charge on any atom is -0.497 e. The Morgan fingerprint density at radius 2 is 2.11 bits per heavy atom. The lowest BCUT2D eigenvalue weighted by Gasteiger charge is -2.34. The molecule has 1 saturated heterocycles. The van der Waals surface area contributed by atoms with Gasteiger partial charge >= 0.3 is 0 Å². The second kappa shape index (κ2) is 10.5. The Morgan fingerprint density at radius 1 is 1.29 bits per heavy atom. The summed E-state index contributed by atoms with van der Waals surface area (Å²) in [6.07, 6.45) is 2.93. The number of anilines is 1. The predicted molar refractivity (Wildman–Crippen MR) is 135 cm³/mol. The summed E-state index contributed by atoms with van der Waals surface area (Å²) in [6, 6.07) is 11.1. The topological polar surface area (TPSA) is 86.7 Å². The molecule has 184 valence electrons. The van der Waals surface area contributed by atoms with Gasteiger partial charge in [-0.05, 0) is 67.9 Å². The van der Waals surface area contributed by atoms with Crippen molar-refractivity contribution >= 4 is 34.3 Å². The number of rotatable bonds is 7. The van der Waals surface area contributed by atoms with Crippen LogP contribution in [0.2, 0.25) is 0 Å². The van der Waals surface area contributed by atoms with Crippen molar-refractivity contribution in [3.63, 3.8) is 0 Å². The maximum atomic E-state index is 14.5. The first-order valence-corrected chi connectivity index (χ1v) is 12.8. The Bertz CT molecular complexity index is 1230. The van der Waals surface area contributed by atoms with Gasteiger partial charge in [0.05, 0.1) is 30.2 Å². The van der Waals surface area contributed by atoms with Crippen molar-refractivity contribution in [1.82, 2.24) is 15.2 Å². The number of benzene rings is 2. The SMILES string of the molecule is COc1ccc2nccc([C@@H](O)CN3CCC(NCc4cc5c(cc4F)SCC(=O)N5)CC3)c2c1. The van der Waals surface area contributed by atoms with E-state index >= 15 is 0 Å². The van der Waals surface area contributed by atoms with Gasteiger partial charge in [-0.2, -0.15) is 0 Å². The van der Waals surface area contributed by atoms with E-state index < -0.39 is 6.10 Å². The summed E-state index contributed by atoms with van der Waals surface area (Å²) in [5.74, 6) is 0.758. The lowest BCUT2D eigenvalue weighted by atomic mass is 10.0. The van der Waals surface area contributed by atoms with Gasteiger partial charge in [0, 0.05) is 41.2 Å². The molecule has 9 heteroatoms. The Labute approximate surface area is 208 Å². The molecule has 2 aliphatic rings. The highest BCUT2D eigenvalue weighted by Crippen LogP contribution is 2.33. The number of methoxy groups -OCH3 is 1. The molecule has 2 aromatic carbocycles. The van der Waals surface area contributed by atoms with Crippen LogP contribution in [-0.2, 0) is 11.3 Å². The van der Waals surface area contributed by atoms with Crippen LogP contribution >= 0.6 is 11.8 Å². The quantitative estimate of drug-likeness (QED) is 0.460. The van der Waals surface area contributed by atoms with Gasteiger partial charge in [0.25, 0.3) is 0 Å². The molecule has 35 heavy (non-hydrogen) atoms. The van der Waals surface area contributed by atoms with Gasteiger partial charge in [0.15, 0.2) is 0 Å². The molecule has 3 aromatic rings. The highest BCUT2D eigenvalue weighted by molar-refractivity contribution is 8.00. The molecule has 7 nitrogen and oxygen atoms in total. The number of likely N-dealkylation sites (tertiary alicyclic amines) is 1. The van der Waals surface area contributed by atoms with E-state index in [2.05, 4.69) is 20.5 Å². The molecule has 0 unspecified atom stereocenters. The summed E-state index contributed by atoms with van der Waals surface area (Å²) in [6.45, 7) is 2.65. The number of carbonyl (C=O) groups is 1. The molecule has 2 aliphatic heterocycles. The first-order valence-electron chi connectivity index (χ1n) is 11.8. The number of hydrogen-bond donors (Lipinski definition) is 3. The third kappa shape index (κ3) is 5.43. The number of halogens is 1. The van der Waals surface area contributed by atoms with Gasteiger partial charge in [-0.15, -0.1) is 11.8 Å². The van der Waals surface area contributed by atoms with Crippen molar-refractivity contribution < 1.29 is 19.0 Å². The third-order valence-electron chi connectivity index (χ3n) is 6.72. The Morgan fingerprint density at radius 3 is 2.91 bits per heavy atom. The number of hydrogen-bond acceptors (Lipinski definition) is 7. The molecular weight excluding hydrogens is 467 g/mol. The second-order valence-corrected chi connectivity index (χ2v) is 10.0. The van der Waals surface area contributed by atoms with Crippen LogP contribution in [0.5, 0.6) is 5.75 Å². The number of nitrogens with one attached hydrogen (secondary N) is 2. The zero-order valence-corrected chi connectivity index (χ0v) is 20.4. The molecule has 0 saturated carbocycles. The van der Waals surface area contributed by atoms with Crippen LogP contribution in [-0.4, -0.2) is 59.4 Å². The van der Waals surface area contributed by atoms with Crippen LogP contribution in [0.15, 0.2) is 47.5 Å². The number of carbonyl (C=O) groups excluding carboxylic acids is 1. The standard InChI is InChI=1S/C26H29FN4O3S/c1-34-18-2-3-22-20(11-18)19(4-7-28-22)24(32)14-31-8-5-17(6-9-31)29-13-16-10-23-25(12-21(16)27)35-15-26(33)30-23/h2-4,7,10-12,17,24,29,32H,5-6,8-9,13-15H2,1H3,(H,30,33)/t24-/m0/s1. The molecule has 1 amide bonds. The first kappa shape index (κ1) is 24.0. The molecule has 1 fully saturated rings. The van der Waals surface area contributed by atoms with E-state index in [1.54, 1.807) is 19.4 Å². The fourth-order valence-corrected chi connectivity index (χ4v) is 5.57. The van der Waals surface area contributed by atoms with E-state index in [0.717, 1.165) is 53.0 Å². The molecule has 5 rings (SSSR count). The summed E-state index contributed by atoms with van der Waals surface area (Å²) in [4.78, 5) is 19.1. The lowest BCUT2D eigenvalue weighted by molar-refractivity contribution is -0.113. The number of amides is 1. The van der Waals surface area contributed by atoms with Crippen LogP contribution in [0, 0.1) is 5.82 Å². The van der Waals surface area contributed by atoms with Crippen LogP contribution in [0.1, 0.15) is 30.1 Å². The number of ether oxygens (including phenoxy) is 1. The highest BCUT2D eigenvalue weighted by atomic mass is 32.2. The van der Waals surface area contributed by atoms with Gasteiger partial charge in [-0.1, -0.05) is 0 Å². The average Bonchev–Trinajstić information content (AvgIpc) is 2.87. The Hall–Kier alpha value is -2.72. The number of β-amino-alcohol motifs (C(OH)–C–C–N with tert-alkyl or cyclic N) is 1. The molecular formula is C26H29FN4O3S. The van der Waals surface area contributed by atoms with E-state index in [1.807, 2.05) is 24.3 Å². The Kier molecular flexibility index (Phi) is 7.19. The van der Waals surface area contributed by atoms with Crippen molar-refractivity contribution in [2.45, 2.75) is 36.4 Å². The van der Waals surface area contributed by atoms with E-state index in [9.17, 15) is 14.3 Å². The van der Waals surface area contributed by atoms with Gasteiger partial charge < -0.3 is 25.4 Å². The molecule has 3 N–H and O–H groups in total. The largest absolute Gasteiger partial charge is 0.497 e. The van der Waals surface area contributed by atoms with Gasteiger partial charge in [0.2, 0.25) is 5.91 Å². The molecule has 3 heterocycles. The van der Waals surface area contributed by atoms with Crippen LogP contribution in [0.3, 0.4) is 0 Å². The number of aliphatic hydroxyl groups excluding tert-OH is 1. The van der Waals surface area contributed by atoms with Crippen molar-refractivity contribution in [3.05, 3.63) is 59.5 Å². The van der Waals surface area contributed by atoms with E-state index in [0.29, 0.717) is 30.1 Å². The summed E-state index contributed by atoms with van der Waals surface area (Å²) >= 11 is 1.36. The van der Waals surface area contributed by atoms with Crippen LogP contribution in [0.25, 0.3) is 10.9 Å². The van der Waals surface area contributed by atoms with E-state index in [4.69, 9.17) is 4.74 Å². The number of piperidine rings is 1. The number of aromatic nitrogens is 1.